The summed E-state index contributed by atoms with van der Waals surface area (Å²) in [5, 5.41) is 0. The van der Waals surface area contributed by atoms with E-state index in [-0.39, 0.29) is 11.9 Å². The molecule has 0 radical (unpaired) electrons. The average molecular weight is 215 g/mol. The molecular weight excluding hydrogens is 202 g/mol. The molecule has 4 nitrogen and oxygen atoms in total. The summed E-state index contributed by atoms with van der Waals surface area (Å²) >= 11 is 0. The molecule has 0 saturated heterocycles. The third-order valence-electron chi connectivity index (χ3n) is 1.54. The molecule has 0 unspecified atom stereocenters. The lowest BCUT2D eigenvalue weighted by Crippen LogP contribution is -2.01. The quantitative estimate of drug-likeness (QED) is 0.753. The average Bonchev–Trinajstić information content (AvgIpc) is 2.01. The van der Waals surface area contributed by atoms with Gasteiger partial charge in [0.05, 0.1) is 0 Å². The molecule has 0 amide bonds. The highest BCUT2D eigenvalue weighted by atomic mass is 32.2. The lowest BCUT2D eigenvalue weighted by atomic mass is 10.1. The van der Waals surface area contributed by atoms with Gasteiger partial charge < -0.3 is 6.15 Å². The zero-order chi connectivity index (χ0) is 9.90. The lowest BCUT2D eigenvalue weighted by molar-refractivity contribution is 0.482. The van der Waals surface area contributed by atoms with Crippen LogP contribution in [0, 0.1) is 0 Å². The van der Waals surface area contributed by atoms with Gasteiger partial charge in [-0.05, 0) is 11.1 Å². The van der Waals surface area contributed by atoms with E-state index in [9.17, 15) is 8.42 Å². The molecule has 1 aromatic carbocycles. The lowest BCUT2D eigenvalue weighted by Gasteiger charge is -1.99. The van der Waals surface area contributed by atoms with Crippen LogP contribution < -0.4 is 6.15 Å². The second kappa shape index (κ2) is 4.90. The van der Waals surface area contributed by atoms with E-state index in [1.54, 1.807) is 30.3 Å². The van der Waals surface area contributed by atoms with Crippen LogP contribution in [0.2, 0.25) is 0 Å². The SMILES string of the molecule is C=Cc1cccc(CS(=O)(=O)O)c1.N. The molecule has 0 atom stereocenters. The van der Waals surface area contributed by atoms with Crippen LogP contribution in [0.4, 0.5) is 0 Å². The van der Waals surface area contributed by atoms with Crippen molar-refractivity contribution in [3.05, 3.63) is 42.0 Å². The highest BCUT2D eigenvalue weighted by Gasteiger charge is 2.05. The van der Waals surface area contributed by atoms with Crippen molar-refractivity contribution in [3.8, 4) is 0 Å². The molecule has 1 aromatic rings. The second-order valence-corrected chi connectivity index (χ2v) is 4.13. The van der Waals surface area contributed by atoms with Gasteiger partial charge in [0.25, 0.3) is 10.1 Å². The van der Waals surface area contributed by atoms with Crippen molar-refractivity contribution in [2.75, 3.05) is 0 Å². The molecule has 5 heteroatoms. The van der Waals surface area contributed by atoms with E-state index >= 15 is 0 Å². The predicted octanol–water partition coefficient (Wildman–Crippen LogP) is 1.88. The van der Waals surface area contributed by atoms with Gasteiger partial charge in [-0.1, -0.05) is 36.9 Å². The Morgan fingerprint density at radius 1 is 1.43 bits per heavy atom. The van der Waals surface area contributed by atoms with E-state index in [1.165, 1.54) is 0 Å². The first-order chi connectivity index (χ1) is 6.01. The van der Waals surface area contributed by atoms with Crippen LogP contribution in [-0.4, -0.2) is 13.0 Å². The van der Waals surface area contributed by atoms with Gasteiger partial charge in [0.1, 0.15) is 5.75 Å². The molecule has 0 saturated carbocycles. The fourth-order valence-electron chi connectivity index (χ4n) is 1.02. The van der Waals surface area contributed by atoms with Crippen molar-refractivity contribution < 1.29 is 13.0 Å². The van der Waals surface area contributed by atoms with Crippen LogP contribution in [0.5, 0.6) is 0 Å². The summed E-state index contributed by atoms with van der Waals surface area (Å²) in [6.07, 6.45) is 1.62. The number of hydrogen-bond donors (Lipinski definition) is 2. The topological polar surface area (TPSA) is 89.4 Å². The third kappa shape index (κ3) is 4.18. The van der Waals surface area contributed by atoms with Gasteiger partial charge in [0.15, 0.2) is 0 Å². The van der Waals surface area contributed by atoms with Crippen molar-refractivity contribution in [2.24, 2.45) is 0 Å². The zero-order valence-electron chi connectivity index (χ0n) is 7.68. The van der Waals surface area contributed by atoms with Gasteiger partial charge in [-0.2, -0.15) is 8.42 Å². The Morgan fingerprint density at radius 3 is 2.57 bits per heavy atom. The van der Waals surface area contributed by atoms with Crippen molar-refractivity contribution >= 4 is 16.2 Å². The van der Waals surface area contributed by atoms with Gasteiger partial charge in [0, 0.05) is 0 Å². The molecule has 0 spiro atoms. The summed E-state index contributed by atoms with van der Waals surface area (Å²) in [5.74, 6) is -0.353. The maximum Gasteiger partial charge on any atom is 0.269 e. The highest BCUT2D eigenvalue weighted by molar-refractivity contribution is 7.85. The van der Waals surface area contributed by atoms with Gasteiger partial charge in [-0.3, -0.25) is 4.55 Å². The van der Waals surface area contributed by atoms with E-state index in [2.05, 4.69) is 6.58 Å². The summed E-state index contributed by atoms with van der Waals surface area (Å²) in [6.45, 7) is 3.56. The minimum absolute atomic E-state index is 0. The Hall–Kier alpha value is -1.17. The van der Waals surface area contributed by atoms with Crippen LogP contribution in [-0.2, 0) is 15.9 Å². The van der Waals surface area contributed by atoms with E-state index < -0.39 is 10.1 Å². The largest absolute Gasteiger partial charge is 0.344 e. The first kappa shape index (κ1) is 12.8. The van der Waals surface area contributed by atoms with Gasteiger partial charge >= 0.3 is 0 Å². The van der Waals surface area contributed by atoms with E-state index in [4.69, 9.17) is 4.55 Å². The highest BCUT2D eigenvalue weighted by Crippen LogP contribution is 2.08. The third-order valence-corrected chi connectivity index (χ3v) is 2.23. The molecule has 0 aliphatic rings. The van der Waals surface area contributed by atoms with Crippen molar-refractivity contribution in [1.82, 2.24) is 6.15 Å². The maximum absolute atomic E-state index is 10.5. The normalized spacial score (nSPS) is 10.4. The molecule has 4 N–H and O–H groups in total. The summed E-state index contributed by atoms with van der Waals surface area (Å²) in [4.78, 5) is 0. The molecule has 0 aromatic heterocycles. The number of benzene rings is 1. The zero-order valence-corrected chi connectivity index (χ0v) is 8.50. The number of rotatable bonds is 3. The first-order valence-corrected chi connectivity index (χ1v) is 5.29. The van der Waals surface area contributed by atoms with Gasteiger partial charge in [-0.15, -0.1) is 0 Å². The summed E-state index contributed by atoms with van der Waals surface area (Å²) < 4.78 is 29.6. The van der Waals surface area contributed by atoms with Crippen molar-refractivity contribution in [2.45, 2.75) is 5.75 Å². The molecule has 0 aliphatic heterocycles. The molecule has 14 heavy (non-hydrogen) atoms. The minimum atomic E-state index is -3.94. The van der Waals surface area contributed by atoms with E-state index in [0.29, 0.717) is 5.56 Å². The van der Waals surface area contributed by atoms with Crippen LogP contribution >= 0.6 is 0 Å². The van der Waals surface area contributed by atoms with Crippen LogP contribution in [0.25, 0.3) is 6.08 Å². The van der Waals surface area contributed by atoms with Crippen molar-refractivity contribution in [3.63, 3.8) is 0 Å². The van der Waals surface area contributed by atoms with E-state index in [1.807, 2.05) is 0 Å². The van der Waals surface area contributed by atoms with E-state index in [0.717, 1.165) is 5.56 Å². The smallest absolute Gasteiger partial charge is 0.269 e. The monoisotopic (exact) mass is 215 g/mol. The van der Waals surface area contributed by atoms with Crippen LogP contribution in [0.3, 0.4) is 0 Å². The minimum Gasteiger partial charge on any atom is -0.344 e. The Bertz CT molecular complexity index is 412. The molecule has 1 rings (SSSR count). The fourth-order valence-corrected chi connectivity index (χ4v) is 1.62. The summed E-state index contributed by atoms with van der Waals surface area (Å²) in [7, 11) is -3.94. The fraction of sp³-hybridized carbons (Fsp3) is 0.111. The molecule has 0 heterocycles. The Balaban J connectivity index is 0.00000169. The Morgan fingerprint density at radius 2 is 2.07 bits per heavy atom. The summed E-state index contributed by atoms with van der Waals surface area (Å²) in [5.41, 5.74) is 1.39. The van der Waals surface area contributed by atoms with Gasteiger partial charge in [-0.25, -0.2) is 0 Å². The molecule has 0 aliphatic carbocycles. The predicted molar refractivity (Wildman–Crippen MR) is 56.8 cm³/mol. The van der Waals surface area contributed by atoms with Crippen LogP contribution in [0.1, 0.15) is 11.1 Å². The Kier molecular flexibility index (Phi) is 4.49. The molecule has 0 fully saturated rings. The molecule has 0 bridgehead atoms. The first-order valence-electron chi connectivity index (χ1n) is 3.68. The van der Waals surface area contributed by atoms with Crippen LogP contribution in [0.15, 0.2) is 30.8 Å². The number of hydrogen-bond acceptors (Lipinski definition) is 3. The van der Waals surface area contributed by atoms with Gasteiger partial charge in [0.2, 0.25) is 0 Å². The Labute approximate surface area is 83.6 Å². The molecular formula is C9H13NO3S. The standard InChI is InChI=1S/C9H10O3S.H3N/c1-2-8-4-3-5-9(6-8)7-13(10,11)12;/h2-6H,1,7H2,(H,10,11,12);1H3. The maximum atomic E-state index is 10.5. The van der Waals surface area contributed by atoms with Crippen molar-refractivity contribution in [1.29, 1.82) is 0 Å². The molecule has 78 valence electrons. The summed E-state index contributed by atoms with van der Waals surface area (Å²) in [6, 6.07) is 6.83. The second-order valence-electron chi connectivity index (χ2n) is 2.68.